The van der Waals surface area contributed by atoms with Gasteiger partial charge in [-0.2, -0.15) is 0 Å². The molecule has 0 unspecified atom stereocenters. The first-order chi connectivity index (χ1) is 10.4. The van der Waals surface area contributed by atoms with Crippen molar-refractivity contribution in [3.63, 3.8) is 0 Å². The van der Waals surface area contributed by atoms with Crippen LogP contribution in [0.3, 0.4) is 0 Å². The number of unbranched alkanes of at least 4 members (excludes halogenated alkanes) is 1. The van der Waals surface area contributed by atoms with Gasteiger partial charge in [-0.25, -0.2) is 0 Å². The second kappa shape index (κ2) is 7.14. The number of ether oxygens (including phenoxy) is 1. The number of aromatic nitrogens is 2. The van der Waals surface area contributed by atoms with Crippen LogP contribution in [0.25, 0.3) is 10.4 Å². The van der Waals surface area contributed by atoms with E-state index in [0.29, 0.717) is 5.92 Å². The fourth-order valence-electron chi connectivity index (χ4n) is 2.91. The zero-order chi connectivity index (χ0) is 14.5. The molecule has 0 radical (unpaired) electrons. The van der Waals surface area contributed by atoms with Crippen LogP contribution < -0.4 is 0 Å². The molecule has 2 aromatic rings. The van der Waals surface area contributed by atoms with Crippen molar-refractivity contribution in [2.45, 2.75) is 44.9 Å². The molecule has 0 atom stereocenters. The second-order valence-electron chi connectivity index (χ2n) is 5.62. The molecule has 0 amide bonds. The van der Waals surface area contributed by atoms with Gasteiger partial charge in [0.1, 0.15) is 0 Å². The van der Waals surface area contributed by atoms with Gasteiger partial charge in [0.05, 0.1) is 10.4 Å². The van der Waals surface area contributed by atoms with E-state index in [0.717, 1.165) is 32.5 Å². The number of thiazole rings is 1. The molecule has 0 aliphatic carbocycles. The van der Waals surface area contributed by atoms with Gasteiger partial charge in [0.15, 0.2) is 0 Å². The van der Waals surface area contributed by atoms with E-state index < -0.39 is 0 Å². The van der Waals surface area contributed by atoms with Crippen molar-refractivity contribution in [3.8, 4) is 10.4 Å². The number of aryl methyl sites for hydroxylation is 1. The topological polar surface area (TPSA) is 35.0 Å². The van der Waals surface area contributed by atoms with Gasteiger partial charge in [-0.3, -0.25) is 9.97 Å². The monoisotopic (exact) mass is 302 g/mol. The van der Waals surface area contributed by atoms with Gasteiger partial charge < -0.3 is 4.74 Å². The summed E-state index contributed by atoms with van der Waals surface area (Å²) in [4.78, 5) is 10.1. The Bertz CT molecular complexity index is 562. The summed E-state index contributed by atoms with van der Waals surface area (Å²) in [6.45, 7) is 3.98. The zero-order valence-electron chi connectivity index (χ0n) is 12.5. The molecule has 112 valence electrons. The molecular weight excluding hydrogens is 280 g/mol. The van der Waals surface area contributed by atoms with Crippen LogP contribution in [0, 0.1) is 0 Å². The van der Waals surface area contributed by atoms with Crippen molar-refractivity contribution in [2.75, 3.05) is 13.2 Å². The van der Waals surface area contributed by atoms with Gasteiger partial charge in [-0.1, -0.05) is 13.3 Å². The van der Waals surface area contributed by atoms with Crippen LogP contribution in [0.5, 0.6) is 0 Å². The number of hydrogen-bond acceptors (Lipinski definition) is 4. The maximum atomic E-state index is 5.52. The van der Waals surface area contributed by atoms with Crippen LogP contribution in [0.4, 0.5) is 0 Å². The van der Waals surface area contributed by atoms with E-state index in [9.17, 15) is 0 Å². The van der Waals surface area contributed by atoms with Gasteiger partial charge in [-0.05, 0) is 43.2 Å². The average Bonchev–Trinajstić information content (AvgIpc) is 3.08. The predicted octanol–water partition coefficient (Wildman–Crippen LogP) is 4.44. The molecule has 4 heteroatoms. The summed E-state index contributed by atoms with van der Waals surface area (Å²) >= 11 is 1.70. The van der Waals surface area contributed by atoms with Crippen molar-refractivity contribution < 1.29 is 4.74 Å². The van der Waals surface area contributed by atoms with Crippen LogP contribution in [-0.2, 0) is 11.2 Å². The van der Waals surface area contributed by atoms with Crippen molar-refractivity contribution in [2.24, 2.45) is 0 Å². The van der Waals surface area contributed by atoms with E-state index in [4.69, 9.17) is 4.74 Å². The highest BCUT2D eigenvalue weighted by atomic mass is 32.1. The van der Waals surface area contributed by atoms with Gasteiger partial charge in [0.25, 0.3) is 0 Å². The Labute approximate surface area is 130 Å². The summed E-state index contributed by atoms with van der Waals surface area (Å²) in [5.41, 5.74) is 5.84. The maximum absolute atomic E-state index is 5.52. The van der Waals surface area contributed by atoms with Gasteiger partial charge >= 0.3 is 0 Å². The van der Waals surface area contributed by atoms with Crippen molar-refractivity contribution in [3.05, 3.63) is 35.2 Å². The minimum Gasteiger partial charge on any atom is -0.381 e. The molecular formula is C17H22N2OS. The molecule has 0 saturated carbocycles. The van der Waals surface area contributed by atoms with Gasteiger partial charge in [0, 0.05) is 36.9 Å². The highest BCUT2D eigenvalue weighted by Gasteiger charge is 2.21. The first kappa shape index (κ1) is 14.7. The molecule has 21 heavy (non-hydrogen) atoms. The lowest BCUT2D eigenvalue weighted by Gasteiger charge is -2.24. The summed E-state index contributed by atoms with van der Waals surface area (Å²) < 4.78 is 5.52. The lowest BCUT2D eigenvalue weighted by Crippen LogP contribution is -2.15. The Hall–Kier alpha value is -1.26. The molecule has 1 fully saturated rings. The number of hydrogen-bond donors (Lipinski definition) is 0. The number of rotatable bonds is 5. The molecule has 0 aromatic carbocycles. The smallest absolute Gasteiger partial charge is 0.0797 e. The quantitative estimate of drug-likeness (QED) is 0.819. The zero-order valence-corrected chi connectivity index (χ0v) is 13.4. The Kier molecular flexibility index (Phi) is 4.99. The van der Waals surface area contributed by atoms with E-state index in [1.807, 2.05) is 11.7 Å². The summed E-state index contributed by atoms with van der Waals surface area (Å²) in [6, 6.07) is 2.33. The Balaban J connectivity index is 1.94. The highest BCUT2D eigenvalue weighted by molar-refractivity contribution is 7.13. The molecule has 1 aliphatic heterocycles. The minimum atomic E-state index is 0.597. The summed E-state index contributed by atoms with van der Waals surface area (Å²) in [5.74, 6) is 0.597. The third kappa shape index (κ3) is 3.50. The molecule has 1 aliphatic rings. The van der Waals surface area contributed by atoms with Gasteiger partial charge in [-0.15, -0.1) is 11.3 Å². The SMILES string of the molecule is CCCCc1cc(C2CCOCC2)c(-c2cncs2)cn1. The van der Waals surface area contributed by atoms with Crippen LogP contribution in [0.15, 0.2) is 24.0 Å². The molecule has 0 bridgehead atoms. The lowest BCUT2D eigenvalue weighted by molar-refractivity contribution is 0.0854. The van der Waals surface area contributed by atoms with E-state index in [2.05, 4.69) is 29.2 Å². The molecule has 3 rings (SSSR count). The van der Waals surface area contributed by atoms with Crippen molar-refractivity contribution in [1.29, 1.82) is 0 Å². The van der Waals surface area contributed by atoms with E-state index in [1.54, 1.807) is 11.3 Å². The molecule has 2 aromatic heterocycles. The average molecular weight is 302 g/mol. The number of pyridine rings is 1. The minimum absolute atomic E-state index is 0.597. The first-order valence-corrected chi connectivity index (χ1v) is 8.72. The van der Waals surface area contributed by atoms with Crippen LogP contribution in [0.1, 0.15) is 49.8 Å². The van der Waals surface area contributed by atoms with Crippen LogP contribution in [-0.4, -0.2) is 23.2 Å². The van der Waals surface area contributed by atoms with Crippen molar-refractivity contribution >= 4 is 11.3 Å². The predicted molar refractivity (Wildman–Crippen MR) is 86.8 cm³/mol. The molecule has 0 N–H and O–H groups in total. The second-order valence-corrected chi connectivity index (χ2v) is 6.51. The van der Waals surface area contributed by atoms with E-state index in [-0.39, 0.29) is 0 Å². The largest absolute Gasteiger partial charge is 0.381 e. The fourth-order valence-corrected chi connectivity index (χ4v) is 3.57. The van der Waals surface area contributed by atoms with E-state index in [1.165, 1.54) is 34.5 Å². The Morgan fingerprint density at radius 3 is 2.86 bits per heavy atom. The third-order valence-corrected chi connectivity index (χ3v) is 4.94. The highest BCUT2D eigenvalue weighted by Crippen LogP contribution is 2.36. The number of nitrogens with zero attached hydrogens (tertiary/aromatic N) is 2. The van der Waals surface area contributed by atoms with Crippen LogP contribution in [0.2, 0.25) is 0 Å². The fraction of sp³-hybridized carbons (Fsp3) is 0.529. The normalized spacial score (nSPS) is 16.2. The van der Waals surface area contributed by atoms with Crippen molar-refractivity contribution in [1.82, 2.24) is 9.97 Å². The summed E-state index contributed by atoms with van der Waals surface area (Å²) in [7, 11) is 0. The summed E-state index contributed by atoms with van der Waals surface area (Å²) in [5, 5.41) is 0. The summed E-state index contributed by atoms with van der Waals surface area (Å²) in [6.07, 6.45) is 9.74. The molecule has 1 saturated heterocycles. The standard InChI is InChI=1S/C17H22N2OS/c1-2-3-4-14-9-15(13-5-7-20-8-6-13)16(10-19-14)17-11-18-12-21-17/h9-13H,2-8H2,1H3. The molecule has 3 nitrogen and oxygen atoms in total. The molecule has 0 spiro atoms. The molecule has 3 heterocycles. The van der Waals surface area contributed by atoms with E-state index >= 15 is 0 Å². The maximum Gasteiger partial charge on any atom is 0.0797 e. The Morgan fingerprint density at radius 2 is 2.14 bits per heavy atom. The Morgan fingerprint density at radius 1 is 1.29 bits per heavy atom. The van der Waals surface area contributed by atoms with Crippen LogP contribution >= 0.6 is 11.3 Å². The lowest BCUT2D eigenvalue weighted by atomic mass is 9.88. The first-order valence-electron chi connectivity index (χ1n) is 7.84. The third-order valence-electron chi connectivity index (χ3n) is 4.14. The van der Waals surface area contributed by atoms with Gasteiger partial charge in [0.2, 0.25) is 0 Å².